The van der Waals surface area contributed by atoms with Crippen molar-refractivity contribution < 1.29 is 0 Å². The van der Waals surface area contributed by atoms with Gasteiger partial charge in [0.1, 0.15) is 5.82 Å². The molecule has 5 nitrogen and oxygen atoms in total. The fraction of sp³-hybridized carbons (Fsp3) is 0.143. The molecule has 0 amide bonds. The lowest BCUT2D eigenvalue weighted by molar-refractivity contribution is 0.797. The van der Waals surface area contributed by atoms with Crippen LogP contribution in [0.4, 0.5) is 11.5 Å². The van der Waals surface area contributed by atoms with E-state index < -0.39 is 0 Å². The normalized spacial score (nSPS) is 10.8. The quantitative estimate of drug-likeness (QED) is 0.578. The lowest BCUT2D eigenvalue weighted by Gasteiger charge is -1.99. The molecule has 0 saturated heterocycles. The summed E-state index contributed by atoms with van der Waals surface area (Å²) in [5.74, 6) is 0.465. The van der Waals surface area contributed by atoms with Crippen LogP contribution in [0.3, 0.4) is 0 Å². The van der Waals surface area contributed by atoms with Crippen LogP contribution in [-0.4, -0.2) is 14.8 Å². The number of nitrogens with zero attached hydrogens (tertiary/aromatic N) is 3. The molecule has 4 N–H and O–H groups in total. The molecule has 0 atom stereocenters. The minimum atomic E-state index is 0.465. The van der Waals surface area contributed by atoms with Crippen LogP contribution in [-0.2, 0) is 7.05 Å². The summed E-state index contributed by atoms with van der Waals surface area (Å²) in [6.45, 7) is 0. The summed E-state index contributed by atoms with van der Waals surface area (Å²) >= 11 is 0. The number of nitrogens with two attached hydrogens (primary N) is 2. The minimum absolute atomic E-state index is 0.465. The number of aryl methyl sites for hydroxylation is 1. The number of nitrogen functional groups attached to an aromatic ring is 2. The summed E-state index contributed by atoms with van der Waals surface area (Å²) in [7, 11) is 1.82. The van der Waals surface area contributed by atoms with E-state index in [0.717, 1.165) is 10.9 Å². The Bertz CT molecular complexity index is 431. The second-order valence-electron chi connectivity index (χ2n) is 2.63. The molecule has 5 heteroatoms. The van der Waals surface area contributed by atoms with Crippen molar-refractivity contribution in [3.05, 3.63) is 12.4 Å². The van der Waals surface area contributed by atoms with Crippen LogP contribution in [0.25, 0.3) is 10.9 Å². The number of hydrogen-bond acceptors (Lipinski definition) is 4. The van der Waals surface area contributed by atoms with Crippen molar-refractivity contribution in [1.29, 1.82) is 0 Å². The Morgan fingerprint density at radius 2 is 2.08 bits per heavy atom. The monoisotopic (exact) mass is 163 g/mol. The van der Waals surface area contributed by atoms with Crippen molar-refractivity contribution in [2.75, 3.05) is 11.5 Å². The van der Waals surface area contributed by atoms with Crippen molar-refractivity contribution >= 4 is 22.4 Å². The van der Waals surface area contributed by atoms with Crippen molar-refractivity contribution in [3.63, 3.8) is 0 Å². The van der Waals surface area contributed by atoms with Gasteiger partial charge in [-0.1, -0.05) is 0 Å². The van der Waals surface area contributed by atoms with Gasteiger partial charge in [-0.3, -0.25) is 4.68 Å². The Labute approximate surface area is 69.0 Å². The molecule has 0 aliphatic heterocycles. The van der Waals surface area contributed by atoms with Gasteiger partial charge >= 0.3 is 0 Å². The number of hydrogen-bond donors (Lipinski definition) is 2. The summed E-state index contributed by atoms with van der Waals surface area (Å²) in [5.41, 5.74) is 12.7. The molecule has 0 bridgehead atoms. The molecule has 0 aromatic carbocycles. The molecule has 0 spiro atoms. The van der Waals surface area contributed by atoms with Crippen LogP contribution in [0.1, 0.15) is 0 Å². The van der Waals surface area contributed by atoms with Crippen molar-refractivity contribution in [1.82, 2.24) is 14.8 Å². The third kappa shape index (κ3) is 0.730. The van der Waals surface area contributed by atoms with E-state index in [9.17, 15) is 0 Å². The number of pyridine rings is 1. The molecule has 12 heavy (non-hydrogen) atoms. The molecule has 0 radical (unpaired) electrons. The maximum absolute atomic E-state index is 5.69. The van der Waals surface area contributed by atoms with E-state index in [4.69, 9.17) is 11.5 Å². The Kier molecular flexibility index (Phi) is 1.21. The molecule has 0 aliphatic rings. The van der Waals surface area contributed by atoms with E-state index >= 15 is 0 Å². The van der Waals surface area contributed by atoms with Gasteiger partial charge in [-0.05, 0) is 0 Å². The first kappa shape index (κ1) is 6.90. The molecule has 2 heterocycles. The highest BCUT2D eigenvalue weighted by Gasteiger charge is 2.06. The molecule has 2 rings (SSSR count). The first-order valence-corrected chi connectivity index (χ1v) is 3.52. The lowest BCUT2D eigenvalue weighted by Crippen LogP contribution is -1.98. The predicted molar refractivity (Wildman–Crippen MR) is 47.3 cm³/mol. The fourth-order valence-corrected chi connectivity index (χ4v) is 1.24. The maximum Gasteiger partial charge on any atom is 0.134 e. The largest absolute Gasteiger partial charge is 0.396 e. The zero-order chi connectivity index (χ0) is 8.72. The molecular formula is C7H9N5. The van der Waals surface area contributed by atoms with E-state index in [1.165, 1.54) is 0 Å². The summed E-state index contributed by atoms with van der Waals surface area (Å²) in [6.07, 6.45) is 3.20. The Morgan fingerprint density at radius 3 is 2.75 bits per heavy atom. The summed E-state index contributed by atoms with van der Waals surface area (Å²) in [4.78, 5) is 3.92. The molecule has 0 aliphatic carbocycles. The maximum atomic E-state index is 5.69. The molecule has 0 fully saturated rings. The third-order valence-corrected chi connectivity index (χ3v) is 1.83. The van der Waals surface area contributed by atoms with E-state index in [0.29, 0.717) is 11.5 Å². The first-order valence-electron chi connectivity index (χ1n) is 3.52. The van der Waals surface area contributed by atoms with Crippen LogP contribution >= 0.6 is 0 Å². The van der Waals surface area contributed by atoms with Gasteiger partial charge in [0, 0.05) is 7.05 Å². The Morgan fingerprint density at radius 1 is 1.33 bits per heavy atom. The van der Waals surface area contributed by atoms with Gasteiger partial charge in [-0.15, -0.1) is 0 Å². The number of anilines is 2. The SMILES string of the molecule is Cn1ncc2c(N)ncc(N)c21. The number of rotatable bonds is 0. The van der Waals surface area contributed by atoms with E-state index in [2.05, 4.69) is 10.1 Å². The lowest BCUT2D eigenvalue weighted by atomic mass is 10.3. The van der Waals surface area contributed by atoms with Crippen molar-refractivity contribution in [2.24, 2.45) is 7.05 Å². The second-order valence-corrected chi connectivity index (χ2v) is 2.63. The zero-order valence-electron chi connectivity index (χ0n) is 6.65. The average molecular weight is 163 g/mol. The average Bonchev–Trinajstić information content (AvgIpc) is 2.42. The van der Waals surface area contributed by atoms with Crippen molar-refractivity contribution in [3.8, 4) is 0 Å². The third-order valence-electron chi connectivity index (χ3n) is 1.83. The van der Waals surface area contributed by atoms with Gasteiger partial charge in [0.05, 0.1) is 29.0 Å². The van der Waals surface area contributed by atoms with Crippen LogP contribution in [0.5, 0.6) is 0 Å². The van der Waals surface area contributed by atoms with E-state index in [-0.39, 0.29) is 0 Å². The van der Waals surface area contributed by atoms with Crippen molar-refractivity contribution in [2.45, 2.75) is 0 Å². The highest BCUT2D eigenvalue weighted by Crippen LogP contribution is 2.22. The van der Waals surface area contributed by atoms with Gasteiger partial charge in [0.15, 0.2) is 0 Å². The summed E-state index contributed by atoms with van der Waals surface area (Å²) in [5, 5.41) is 4.84. The van der Waals surface area contributed by atoms with Gasteiger partial charge < -0.3 is 11.5 Å². The summed E-state index contributed by atoms with van der Waals surface area (Å²) < 4.78 is 1.68. The van der Waals surface area contributed by atoms with E-state index in [1.54, 1.807) is 17.1 Å². The van der Waals surface area contributed by atoms with Gasteiger partial charge in [-0.2, -0.15) is 5.10 Å². The number of aromatic nitrogens is 3. The second kappa shape index (κ2) is 2.10. The van der Waals surface area contributed by atoms with Crippen LogP contribution < -0.4 is 11.5 Å². The predicted octanol–water partition coefficient (Wildman–Crippen LogP) is 0.133. The molecule has 62 valence electrons. The minimum Gasteiger partial charge on any atom is -0.396 e. The molecule has 0 unspecified atom stereocenters. The van der Waals surface area contributed by atoms with Crippen LogP contribution in [0.15, 0.2) is 12.4 Å². The smallest absolute Gasteiger partial charge is 0.134 e. The molecule has 2 aromatic rings. The summed E-state index contributed by atoms with van der Waals surface area (Å²) in [6, 6.07) is 0. The molecule has 0 saturated carbocycles. The Balaban J connectivity index is 2.98. The van der Waals surface area contributed by atoms with Crippen LogP contribution in [0, 0.1) is 0 Å². The van der Waals surface area contributed by atoms with E-state index in [1.807, 2.05) is 7.05 Å². The van der Waals surface area contributed by atoms with Crippen LogP contribution in [0.2, 0.25) is 0 Å². The zero-order valence-corrected chi connectivity index (χ0v) is 6.65. The number of fused-ring (bicyclic) bond motifs is 1. The topological polar surface area (TPSA) is 82.8 Å². The highest BCUT2D eigenvalue weighted by molar-refractivity contribution is 5.95. The molecule has 2 aromatic heterocycles. The van der Waals surface area contributed by atoms with Gasteiger partial charge in [0.25, 0.3) is 0 Å². The van der Waals surface area contributed by atoms with Gasteiger partial charge in [-0.25, -0.2) is 4.98 Å². The standard InChI is InChI=1S/C7H9N5/c1-12-6-4(2-11-12)7(9)10-3-5(6)8/h2-3H,8H2,1H3,(H2,9,10). The highest BCUT2D eigenvalue weighted by atomic mass is 15.3. The van der Waals surface area contributed by atoms with Gasteiger partial charge in [0.2, 0.25) is 0 Å². The first-order chi connectivity index (χ1) is 5.70. The fourth-order valence-electron chi connectivity index (χ4n) is 1.24. The molecular weight excluding hydrogens is 154 g/mol. The Hall–Kier alpha value is -1.78.